The SMILES string of the molecule is COc1cc(CN)ccc1NC(=O)c1ccnnc1. The van der Waals surface area contributed by atoms with Gasteiger partial charge in [-0.1, -0.05) is 6.07 Å². The minimum atomic E-state index is -0.270. The van der Waals surface area contributed by atoms with Gasteiger partial charge in [-0.15, -0.1) is 0 Å². The molecule has 1 heterocycles. The van der Waals surface area contributed by atoms with E-state index in [1.54, 1.807) is 25.3 Å². The molecule has 1 aromatic carbocycles. The van der Waals surface area contributed by atoms with Crippen molar-refractivity contribution in [2.75, 3.05) is 12.4 Å². The zero-order chi connectivity index (χ0) is 13.7. The van der Waals surface area contributed by atoms with E-state index < -0.39 is 0 Å². The lowest BCUT2D eigenvalue weighted by molar-refractivity contribution is 0.102. The Kier molecular flexibility index (Phi) is 4.04. The van der Waals surface area contributed by atoms with E-state index >= 15 is 0 Å². The monoisotopic (exact) mass is 258 g/mol. The normalized spacial score (nSPS) is 10.0. The van der Waals surface area contributed by atoms with Gasteiger partial charge in [0.2, 0.25) is 0 Å². The molecule has 0 spiro atoms. The summed E-state index contributed by atoms with van der Waals surface area (Å²) in [6, 6.07) is 6.97. The summed E-state index contributed by atoms with van der Waals surface area (Å²) in [5, 5.41) is 10.0. The number of aromatic nitrogens is 2. The van der Waals surface area contributed by atoms with Gasteiger partial charge in [-0.3, -0.25) is 4.79 Å². The number of hydrogen-bond acceptors (Lipinski definition) is 5. The van der Waals surface area contributed by atoms with E-state index in [2.05, 4.69) is 15.5 Å². The molecule has 19 heavy (non-hydrogen) atoms. The lowest BCUT2D eigenvalue weighted by atomic mass is 10.2. The number of nitrogens with zero attached hydrogens (tertiary/aromatic N) is 2. The highest BCUT2D eigenvalue weighted by molar-refractivity contribution is 6.04. The molecule has 1 amide bonds. The summed E-state index contributed by atoms with van der Waals surface area (Å²) in [4.78, 5) is 12.0. The third-order valence-electron chi connectivity index (χ3n) is 2.60. The van der Waals surface area contributed by atoms with Crippen molar-refractivity contribution in [2.24, 2.45) is 5.73 Å². The minimum Gasteiger partial charge on any atom is -0.495 e. The number of carbonyl (C=O) groups excluding carboxylic acids is 1. The van der Waals surface area contributed by atoms with Crippen LogP contribution in [-0.4, -0.2) is 23.2 Å². The fraction of sp³-hybridized carbons (Fsp3) is 0.154. The van der Waals surface area contributed by atoms with Gasteiger partial charge >= 0.3 is 0 Å². The number of ether oxygens (including phenoxy) is 1. The average molecular weight is 258 g/mol. The van der Waals surface area contributed by atoms with Gasteiger partial charge in [0.05, 0.1) is 30.8 Å². The van der Waals surface area contributed by atoms with E-state index in [0.717, 1.165) is 5.56 Å². The zero-order valence-corrected chi connectivity index (χ0v) is 10.5. The van der Waals surface area contributed by atoms with E-state index in [0.29, 0.717) is 23.5 Å². The Balaban J connectivity index is 2.21. The number of benzene rings is 1. The molecule has 0 atom stereocenters. The molecule has 0 aliphatic heterocycles. The molecule has 0 fully saturated rings. The quantitative estimate of drug-likeness (QED) is 0.859. The smallest absolute Gasteiger partial charge is 0.257 e. The number of anilines is 1. The third-order valence-corrected chi connectivity index (χ3v) is 2.60. The van der Waals surface area contributed by atoms with Gasteiger partial charge in [0.1, 0.15) is 5.75 Å². The molecule has 2 rings (SSSR count). The largest absolute Gasteiger partial charge is 0.495 e. The second kappa shape index (κ2) is 5.92. The van der Waals surface area contributed by atoms with Crippen LogP contribution in [0, 0.1) is 0 Å². The fourth-order valence-electron chi connectivity index (χ4n) is 1.59. The summed E-state index contributed by atoms with van der Waals surface area (Å²) in [6.07, 6.45) is 2.86. The molecular formula is C13H14N4O2. The van der Waals surface area contributed by atoms with Crippen molar-refractivity contribution in [2.45, 2.75) is 6.54 Å². The lowest BCUT2D eigenvalue weighted by Crippen LogP contribution is -2.13. The standard InChI is InChI=1S/C13H14N4O2/c1-19-12-6-9(7-14)2-3-11(12)17-13(18)10-4-5-15-16-8-10/h2-6,8H,7,14H2,1H3,(H,17,18). The number of methoxy groups -OCH3 is 1. The highest BCUT2D eigenvalue weighted by Gasteiger charge is 2.10. The van der Waals surface area contributed by atoms with E-state index in [4.69, 9.17) is 10.5 Å². The molecule has 2 aromatic rings. The van der Waals surface area contributed by atoms with Crippen molar-refractivity contribution < 1.29 is 9.53 Å². The maximum absolute atomic E-state index is 12.0. The molecule has 0 aliphatic carbocycles. The summed E-state index contributed by atoms with van der Waals surface area (Å²) in [7, 11) is 1.54. The Bertz CT molecular complexity index is 572. The van der Waals surface area contributed by atoms with Crippen molar-refractivity contribution in [3.8, 4) is 5.75 Å². The van der Waals surface area contributed by atoms with E-state index in [9.17, 15) is 4.79 Å². The van der Waals surface area contributed by atoms with Crippen LogP contribution in [0.5, 0.6) is 5.75 Å². The van der Waals surface area contributed by atoms with Crippen LogP contribution in [0.25, 0.3) is 0 Å². The molecule has 0 bridgehead atoms. The molecule has 6 heteroatoms. The van der Waals surface area contributed by atoms with Crippen LogP contribution in [0.15, 0.2) is 36.7 Å². The molecule has 0 saturated heterocycles. The first-order valence-corrected chi connectivity index (χ1v) is 5.69. The first-order valence-electron chi connectivity index (χ1n) is 5.69. The molecule has 0 unspecified atom stereocenters. The van der Waals surface area contributed by atoms with Gasteiger partial charge < -0.3 is 15.8 Å². The van der Waals surface area contributed by atoms with Crippen LogP contribution >= 0.6 is 0 Å². The van der Waals surface area contributed by atoms with Gasteiger partial charge in [0, 0.05) is 6.54 Å². The molecule has 0 saturated carbocycles. The van der Waals surface area contributed by atoms with Gasteiger partial charge in [-0.05, 0) is 23.8 Å². The summed E-state index contributed by atoms with van der Waals surface area (Å²) in [6.45, 7) is 0.416. The van der Waals surface area contributed by atoms with E-state index in [1.807, 2.05) is 6.07 Å². The Hall–Kier alpha value is -2.47. The average Bonchev–Trinajstić information content (AvgIpc) is 2.48. The first-order chi connectivity index (χ1) is 9.24. The fourth-order valence-corrected chi connectivity index (χ4v) is 1.59. The number of carbonyl (C=O) groups is 1. The second-order valence-corrected chi connectivity index (χ2v) is 3.82. The Morgan fingerprint density at radius 2 is 2.21 bits per heavy atom. The second-order valence-electron chi connectivity index (χ2n) is 3.82. The minimum absolute atomic E-state index is 0.270. The number of amides is 1. The van der Waals surface area contributed by atoms with Gasteiger partial charge in [-0.2, -0.15) is 10.2 Å². The summed E-state index contributed by atoms with van der Waals surface area (Å²) >= 11 is 0. The topological polar surface area (TPSA) is 90.1 Å². The highest BCUT2D eigenvalue weighted by atomic mass is 16.5. The Morgan fingerprint density at radius 1 is 1.37 bits per heavy atom. The Labute approximate surface area is 110 Å². The molecule has 1 aromatic heterocycles. The molecule has 0 radical (unpaired) electrons. The molecule has 3 N–H and O–H groups in total. The van der Waals surface area contributed by atoms with Crippen molar-refractivity contribution in [3.05, 3.63) is 47.8 Å². The van der Waals surface area contributed by atoms with Crippen LogP contribution in [0.1, 0.15) is 15.9 Å². The number of hydrogen-bond donors (Lipinski definition) is 2. The van der Waals surface area contributed by atoms with Crippen LogP contribution in [-0.2, 0) is 6.54 Å². The van der Waals surface area contributed by atoms with Crippen LogP contribution in [0.3, 0.4) is 0 Å². The van der Waals surface area contributed by atoms with Gasteiger partial charge in [0.15, 0.2) is 0 Å². The third kappa shape index (κ3) is 3.05. The first kappa shape index (κ1) is 13.0. The van der Waals surface area contributed by atoms with Crippen LogP contribution in [0.2, 0.25) is 0 Å². The van der Waals surface area contributed by atoms with Crippen LogP contribution < -0.4 is 15.8 Å². The van der Waals surface area contributed by atoms with Crippen molar-refractivity contribution in [1.29, 1.82) is 0 Å². The Morgan fingerprint density at radius 3 is 2.84 bits per heavy atom. The summed E-state index contributed by atoms with van der Waals surface area (Å²) in [5.74, 6) is 0.298. The van der Waals surface area contributed by atoms with Gasteiger partial charge in [0.25, 0.3) is 5.91 Å². The lowest BCUT2D eigenvalue weighted by Gasteiger charge is -2.11. The number of nitrogens with one attached hydrogen (secondary N) is 1. The zero-order valence-electron chi connectivity index (χ0n) is 10.5. The molecule has 6 nitrogen and oxygen atoms in total. The van der Waals surface area contributed by atoms with E-state index in [-0.39, 0.29) is 5.91 Å². The molecule has 0 aliphatic rings. The predicted octanol–water partition coefficient (Wildman–Crippen LogP) is 1.20. The van der Waals surface area contributed by atoms with Gasteiger partial charge in [-0.25, -0.2) is 0 Å². The predicted molar refractivity (Wildman–Crippen MR) is 70.9 cm³/mol. The maximum atomic E-state index is 12.0. The molecular weight excluding hydrogens is 244 g/mol. The maximum Gasteiger partial charge on any atom is 0.257 e. The highest BCUT2D eigenvalue weighted by Crippen LogP contribution is 2.25. The number of nitrogens with two attached hydrogens (primary N) is 1. The van der Waals surface area contributed by atoms with E-state index in [1.165, 1.54) is 12.4 Å². The van der Waals surface area contributed by atoms with Crippen molar-refractivity contribution >= 4 is 11.6 Å². The van der Waals surface area contributed by atoms with Crippen molar-refractivity contribution in [3.63, 3.8) is 0 Å². The number of rotatable bonds is 4. The summed E-state index contributed by atoms with van der Waals surface area (Å²) in [5.41, 5.74) is 7.50. The molecule has 98 valence electrons. The van der Waals surface area contributed by atoms with Crippen molar-refractivity contribution in [1.82, 2.24) is 10.2 Å². The summed E-state index contributed by atoms with van der Waals surface area (Å²) < 4.78 is 5.23. The van der Waals surface area contributed by atoms with Crippen LogP contribution in [0.4, 0.5) is 5.69 Å².